The summed E-state index contributed by atoms with van der Waals surface area (Å²) in [5.74, 6) is 0.898. The van der Waals surface area contributed by atoms with Crippen LogP contribution in [0.15, 0.2) is 21.8 Å². The fraction of sp³-hybridized carbons (Fsp3) is 0.750. The van der Waals surface area contributed by atoms with Crippen molar-refractivity contribution in [1.29, 1.82) is 0 Å². The Bertz CT molecular complexity index is 497. The van der Waals surface area contributed by atoms with E-state index in [1.807, 2.05) is 0 Å². The SMILES string of the molecule is CCNC(=NCC(c1ccsc1)N(CC)CC)NCCN(C)CCCOC.I. The first kappa shape index (κ1) is 27.6. The average Bonchev–Trinajstić information content (AvgIpc) is 3.19. The van der Waals surface area contributed by atoms with Crippen LogP contribution in [0.1, 0.15) is 38.8 Å². The zero-order chi connectivity index (χ0) is 19.9. The van der Waals surface area contributed by atoms with Gasteiger partial charge in [0, 0.05) is 39.9 Å². The van der Waals surface area contributed by atoms with E-state index in [1.54, 1.807) is 18.4 Å². The lowest BCUT2D eigenvalue weighted by molar-refractivity contribution is 0.180. The topological polar surface area (TPSA) is 52.1 Å². The van der Waals surface area contributed by atoms with Crippen molar-refractivity contribution >= 4 is 41.3 Å². The molecule has 1 aromatic heterocycles. The Morgan fingerprint density at radius 1 is 1.21 bits per heavy atom. The molecule has 0 saturated heterocycles. The fourth-order valence-electron chi connectivity index (χ4n) is 3.04. The van der Waals surface area contributed by atoms with E-state index >= 15 is 0 Å². The van der Waals surface area contributed by atoms with E-state index in [4.69, 9.17) is 9.73 Å². The molecule has 2 N–H and O–H groups in total. The highest BCUT2D eigenvalue weighted by Crippen LogP contribution is 2.23. The molecule has 0 spiro atoms. The van der Waals surface area contributed by atoms with Gasteiger partial charge >= 0.3 is 0 Å². The van der Waals surface area contributed by atoms with E-state index in [9.17, 15) is 0 Å². The van der Waals surface area contributed by atoms with Crippen LogP contribution in [0.5, 0.6) is 0 Å². The third kappa shape index (κ3) is 10.9. The van der Waals surface area contributed by atoms with Gasteiger partial charge in [0.15, 0.2) is 5.96 Å². The minimum Gasteiger partial charge on any atom is -0.385 e. The van der Waals surface area contributed by atoms with Gasteiger partial charge in [-0.15, -0.1) is 24.0 Å². The molecule has 0 aliphatic heterocycles. The van der Waals surface area contributed by atoms with Crippen molar-refractivity contribution in [1.82, 2.24) is 20.4 Å². The van der Waals surface area contributed by atoms with E-state index in [2.05, 4.69) is 65.1 Å². The van der Waals surface area contributed by atoms with E-state index < -0.39 is 0 Å². The number of likely N-dealkylation sites (N-methyl/N-ethyl adjacent to an activating group) is 2. The molecule has 0 aliphatic rings. The fourth-order valence-corrected chi connectivity index (χ4v) is 3.74. The van der Waals surface area contributed by atoms with Gasteiger partial charge in [0.2, 0.25) is 0 Å². The van der Waals surface area contributed by atoms with Crippen LogP contribution in [-0.4, -0.2) is 82.3 Å². The number of hydrogen-bond acceptors (Lipinski definition) is 5. The molecule has 1 atom stereocenters. The van der Waals surface area contributed by atoms with E-state index in [0.29, 0.717) is 6.04 Å². The minimum absolute atomic E-state index is 0. The first-order chi connectivity index (χ1) is 13.2. The second kappa shape index (κ2) is 17.4. The number of hydrogen-bond donors (Lipinski definition) is 2. The second-order valence-corrected chi connectivity index (χ2v) is 7.37. The zero-order valence-corrected chi connectivity index (χ0v) is 21.4. The monoisotopic (exact) mass is 525 g/mol. The summed E-state index contributed by atoms with van der Waals surface area (Å²) in [5.41, 5.74) is 1.36. The molecule has 0 saturated carbocycles. The van der Waals surface area contributed by atoms with Gasteiger partial charge in [-0.1, -0.05) is 13.8 Å². The highest BCUT2D eigenvalue weighted by atomic mass is 127. The molecule has 0 fully saturated rings. The van der Waals surface area contributed by atoms with Crippen molar-refractivity contribution in [2.45, 2.75) is 33.2 Å². The first-order valence-electron chi connectivity index (χ1n) is 10.1. The molecule has 6 nitrogen and oxygen atoms in total. The summed E-state index contributed by atoms with van der Waals surface area (Å²) in [6, 6.07) is 2.55. The summed E-state index contributed by atoms with van der Waals surface area (Å²) in [5, 5.41) is 11.2. The lowest BCUT2D eigenvalue weighted by atomic mass is 10.1. The number of guanidine groups is 1. The summed E-state index contributed by atoms with van der Waals surface area (Å²) in [4.78, 5) is 9.67. The van der Waals surface area contributed by atoms with E-state index in [1.165, 1.54) is 5.56 Å². The van der Waals surface area contributed by atoms with Crippen molar-refractivity contribution in [2.24, 2.45) is 4.99 Å². The number of nitrogens with zero attached hydrogens (tertiary/aromatic N) is 3. The van der Waals surface area contributed by atoms with Crippen LogP contribution in [0.3, 0.4) is 0 Å². The van der Waals surface area contributed by atoms with Crippen LogP contribution < -0.4 is 10.6 Å². The Morgan fingerprint density at radius 3 is 2.54 bits per heavy atom. The maximum absolute atomic E-state index is 5.11. The number of methoxy groups -OCH3 is 1. The lowest BCUT2D eigenvalue weighted by Gasteiger charge is -2.28. The highest BCUT2D eigenvalue weighted by Gasteiger charge is 2.18. The van der Waals surface area contributed by atoms with Crippen molar-refractivity contribution in [2.75, 3.05) is 66.6 Å². The van der Waals surface area contributed by atoms with Crippen molar-refractivity contribution in [3.63, 3.8) is 0 Å². The Labute approximate surface area is 193 Å². The molecular formula is C20H40IN5OS. The number of rotatable bonds is 14. The summed E-state index contributed by atoms with van der Waals surface area (Å²) in [7, 11) is 3.90. The normalized spacial score (nSPS) is 12.9. The van der Waals surface area contributed by atoms with Gasteiger partial charge in [0.25, 0.3) is 0 Å². The minimum atomic E-state index is 0. The molecule has 28 heavy (non-hydrogen) atoms. The third-order valence-corrected chi connectivity index (χ3v) is 5.32. The highest BCUT2D eigenvalue weighted by molar-refractivity contribution is 14.0. The molecule has 164 valence electrons. The van der Waals surface area contributed by atoms with Crippen LogP contribution in [0.25, 0.3) is 0 Å². The van der Waals surface area contributed by atoms with E-state index in [0.717, 1.165) is 64.8 Å². The molecular weight excluding hydrogens is 485 g/mol. The summed E-state index contributed by atoms with van der Waals surface area (Å²) in [6.07, 6.45) is 1.06. The van der Waals surface area contributed by atoms with Crippen molar-refractivity contribution in [3.05, 3.63) is 22.4 Å². The molecule has 1 rings (SSSR count). The molecule has 1 unspecified atom stereocenters. The predicted octanol–water partition coefficient (Wildman–Crippen LogP) is 3.27. The first-order valence-corrected chi connectivity index (χ1v) is 11.1. The Hall–Kier alpha value is -0.420. The Morgan fingerprint density at radius 2 is 1.96 bits per heavy atom. The average molecular weight is 526 g/mol. The van der Waals surface area contributed by atoms with Gasteiger partial charge in [-0.05, 0) is 55.9 Å². The van der Waals surface area contributed by atoms with Gasteiger partial charge in [-0.3, -0.25) is 9.89 Å². The molecule has 0 amide bonds. The number of thiophene rings is 1. The third-order valence-electron chi connectivity index (χ3n) is 4.62. The molecule has 1 heterocycles. The van der Waals surface area contributed by atoms with Crippen molar-refractivity contribution in [3.8, 4) is 0 Å². The van der Waals surface area contributed by atoms with Crippen LogP contribution in [0.4, 0.5) is 0 Å². The largest absolute Gasteiger partial charge is 0.385 e. The maximum atomic E-state index is 5.11. The number of halogens is 1. The number of aliphatic imine (C=N–C) groups is 1. The van der Waals surface area contributed by atoms with Gasteiger partial charge in [-0.2, -0.15) is 11.3 Å². The Kier molecular flexibility index (Phi) is 17.2. The summed E-state index contributed by atoms with van der Waals surface area (Å²) < 4.78 is 5.11. The summed E-state index contributed by atoms with van der Waals surface area (Å²) in [6.45, 7) is 14.0. The van der Waals surface area contributed by atoms with Crippen LogP contribution in [0, 0.1) is 0 Å². The molecule has 0 bridgehead atoms. The van der Waals surface area contributed by atoms with Crippen molar-refractivity contribution < 1.29 is 4.74 Å². The van der Waals surface area contributed by atoms with E-state index in [-0.39, 0.29) is 24.0 Å². The smallest absolute Gasteiger partial charge is 0.191 e. The van der Waals surface area contributed by atoms with Gasteiger partial charge < -0.3 is 20.3 Å². The maximum Gasteiger partial charge on any atom is 0.191 e. The van der Waals surface area contributed by atoms with Crippen LogP contribution in [0.2, 0.25) is 0 Å². The predicted molar refractivity (Wildman–Crippen MR) is 133 cm³/mol. The molecule has 8 heteroatoms. The zero-order valence-electron chi connectivity index (χ0n) is 18.2. The molecule has 0 radical (unpaired) electrons. The van der Waals surface area contributed by atoms with Crippen LogP contribution in [-0.2, 0) is 4.74 Å². The van der Waals surface area contributed by atoms with Gasteiger partial charge in [0.1, 0.15) is 0 Å². The quantitative estimate of drug-likeness (QED) is 0.169. The standard InChI is InChI=1S/C20H39N5OS.HI/c1-6-21-20(22-11-13-24(4)12-9-14-26-5)23-16-19(25(7-2)8-3)18-10-15-27-17-18;/h10,15,17,19H,6-9,11-14,16H2,1-5H3,(H2,21,22,23);1H. The number of nitrogens with one attached hydrogen (secondary N) is 2. The lowest BCUT2D eigenvalue weighted by Crippen LogP contribution is -2.41. The Balaban J connectivity index is 0.00000729. The molecule has 0 aliphatic carbocycles. The van der Waals surface area contributed by atoms with Gasteiger partial charge in [-0.25, -0.2) is 0 Å². The van der Waals surface area contributed by atoms with Crippen LogP contribution >= 0.6 is 35.3 Å². The van der Waals surface area contributed by atoms with Gasteiger partial charge in [0.05, 0.1) is 12.6 Å². The molecule has 0 aromatic carbocycles. The number of ether oxygens (including phenoxy) is 1. The molecule has 1 aromatic rings. The summed E-state index contributed by atoms with van der Waals surface area (Å²) >= 11 is 1.76. The second-order valence-electron chi connectivity index (χ2n) is 6.59.